The maximum absolute atomic E-state index is 9.00. The lowest BCUT2D eigenvalue weighted by atomic mass is 9.74. The standard InChI is InChI=1S/C16H24O2/c1-3-13(2)14-5-7-15(8-6-14)16(9-4-10-17)11-18-12-16/h5-8,13,17H,3-4,9-12H2,1-2H3. The van der Waals surface area contributed by atoms with Crippen LogP contribution in [0.3, 0.4) is 0 Å². The van der Waals surface area contributed by atoms with Gasteiger partial charge in [-0.2, -0.15) is 0 Å². The van der Waals surface area contributed by atoms with Crippen LogP contribution in [0.5, 0.6) is 0 Å². The average Bonchev–Trinajstić information content (AvgIpc) is 2.37. The molecule has 0 saturated carbocycles. The van der Waals surface area contributed by atoms with Gasteiger partial charge in [-0.05, 0) is 36.3 Å². The van der Waals surface area contributed by atoms with Gasteiger partial charge in [0.1, 0.15) is 0 Å². The number of benzene rings is 1. The van der Waals surface area contributed by atoms with E-state index in [0.717, 1.165) is 26.1 Å². The Hall–Kier alpha value is -0.860. The number of hydrogen-bond donors (Lipinski definition) is 1. The second-order valence-corrected chi connectivity index (χ2v) is 5.53. The molecule has 0 aromatic heterocycles. The predicted molar refractivity (Wildman–Crippen MR) is 74.0 cm³/mol. The predicted octanol–water partition coefficient (Wildman–Crippen LogP) is 3.24. The zero-order valence-electron chi connectivity index (χ0n) is 11.5. The van der Waals surface area contributed by atoms with Gasteiger partial charge < -0.3 is 9.84 Å². The molecule has 0 spiro atoms. The number of aliphatic hydroxyl groups excluding tert-OH is 1. The number of hydrogen-bond acceptors (Lipinski definition) is 2. The van der Waals surface area contributed by atoms with Gasteiger partial charge in [0, 0.05) is 12.0 Å². The smallest absolute Gasteiger partial charge is 0.0585 e. The molecular weight excluding hydrogens is 224 g/mol. The van der Waals surface area contributed by atoms with Crippen molar-refractivity contribution in [1.29, 1.82) is 0 Å². The van der Waals surface area contributed by atoms with Crippen molar-refractivity contribution in [2.75, 3.05) is 19.8 Å². The molecule has 0 aliphatic carbocycles. The molecule has 1 N–H and O–H groups in total. The second kappa shape index (κ2) is 5.85. The Balaban J connectivity index is 2.12. The monoisotopic (exact) mass is 248 g/mol. The van der Waals surface area contributed by atoms with Crippen LogP contribution in [0.4, 0.5) is 0 Å². The van der Waals surface area contributed by atoms with Crippen molar-refractivity contribution in [2.24, 2.45) is 0 Å². The summed E-state index contributed by atoms with van der Waals surface area (Å²) in [6.45, 7) is 6.36. The van der Waals surface area contributed by atoms with Gasteiger partial charge in [-0.3, -0.25) is 0 Å². The topological polar surface area (TPSA) is 29.5 Å². The minimum absolute atomic E-state index is 0.163. The highest BCUT2D eigenvalue weighted by Crippen LogP contribution is 2.37. The van der Waals surface area contributed by atoms with Crippen LogP contribution in [0.15, 0.2) is 24.3 Å². The van der Waals surface area contributed by atoms with Crippen LogP contribution in [0.25, 0.3) is 0 Å². The van der Waals surface area contributed by atoms with Crippen molar-refractivity contribution in [1.82, 2.24) is 0 Å². The molecular formula is C16H24O2. The van der Waals surface area contributed by atoms with E-state index in [1.54, 1.807) is 0 Å². The molecule has 2 nitrogen and oxygen atoms in total. The fourth-order valence-corrected chi connectivity index (χ4v) is 2.62. The van der Waals surface area contributed by atoms with Crippen LogP contribution < -0.4 is 0 Å². The summed E-state index contributed by atoms with van der Waals surface area (Å²) in [5.74, 6) is 0.630. The second-order valence-electron chi connectivity index (χ2n) is 5.53. The zero-order valence-corrected chi connectivity index (χ0v) is 11.5. The Morgan fingerprint density at radius 3 is 2.39 bits per heavy atom. The Morgan fingerprint density at radius 1 is 1.28 bits per heavy atom. The highest BCUT2D eigenvalue weighted by atomic mass is 16.5. The summed E-state index contributed by atoms with van der Waals surface area (Å²) >= 11 is 0. The van der Waals surface area contributed by atoms with E-state index in [1.807, 2.05) is 0 Å². The Bertz CT molecular complexity index is 365. The van der Waals surface area contributed by atoms with Crippen LogP contribution in [0.2, 0.25) is 0 Å². The van der Waals surface area contributed by atoms with E-state index < -0.39 is 0 Å². The van der Waals surface area contributed by atoms with Crippen molar-refractivity contribution < 1.29 is 9.84 Å². The van der Waals surface area contributed by atoms with Gasteiger partial charge in [-0.1, -0.05) is 38.1 Å². The first kappa shape index (κ1) is 13.6. The third-order valence-electron chi connectivity index (χ3n) is 4.27. The van der Waals surface area contributed by atoms with Crippen molar-refractivity contribution in [3.63, 3.8) is 0 Å². The highest BCUT2D eigenvalue weighted by molar-refractivity contribution is 5.32. The fraction of sp³-hybridized carbons (Fsp3) is 0.625. The maximum Gasteiger partial charge on any atom is 0.0585 e. The van der Waals surface area contributed by atoms with E-state index in [2.05, 4.69) is 38.1 Å². The molecule has 1 aromatic rings. The van der Waals surface area contributed by atoms with Gasteiger partial charge in [0.15, 0.2) is 0 Å². The van der Waals surface area contributed by atoms with Crippen molar-refractivity contribution in [2.45, 2.75) is 44.4 Å². The summed E-state index contributed by atoms with van der Waals surface area (Å²) in [6.07, 6.45) is 3.06. The highest BCUT2D eigenvalue weighted by Gasteiger charge is 2.39. The van der Waals surface area contributed by atoms with Crippen LogP contribution in [-0.4, -0.2) is 24.9 Å². The van der Waals surface area contributed by atoms with E-state index in [4.69, 9.17) is 9.84 Å². The number of ether oxygens (including phenoxy) is 1. The summed E-state index contributed by atoms with van der Waals surface area (Å²) in [4.78, 5) is 0. The molecule has 1 aliphatic rings. The van der Waals surface area contributed by atoms with E-state index >= 15 is 0 Å². The molecule has 18 heavy (non-hydrogen) atoms. The van der Waals surface area contributed by atoms with Gasteiger partial charge in [0.25, 0.3) is 0 Å². The van der Waals surface area contributed by atoms with Gasteiger partial charge in [-0.15, -0.1) is 0 Å². The molecule has 0 bridgehead atoms. The third kappa shape index (κ3) is 2.60. The minimum atomic E-state index is 0.163. The number of rotatable bonds is 6. The first-order valence-electron chi connectivity index (χ1n) is 7.01. The molecule has 0 radical (unpaired) electrons. The lowest BCUT2D eigenvalue weighted by molar-refractivity contribution is -0.0665. The molecule has 0 amide bonds. The summed E-state index contributed by atoms with van der Waals surface area (Å²) < 4.78 is 5.41. The summed E-state index contributed by atoms with van der Waals surface area (Å²) in [6, 6.07) is 9.01. The minimum Gasteiger partial charge on any atom is -0.396 e. The molecule has 2 rings (SSSR count). The van der Waals surface area contributed by atoms with Gasteiger partial charge >= 0.3 is 0 Å². The van der Waals surface area contributed by atoms with Crippen LogP contribution in [-0.2, 0) is 10.2 Å². The average molecular weight is 248 g/mol. The third-order valence-corrected chi connectivity index (χ3v) is 4.27. The Kier molecular flexibility index (Phi) is 4.41. The van der Waals surface area contributed by atoms with E-state index in [-0.39, 0.29) is 12.0 Å². The van der Waals surface area contributed by atoms with Gasteiger partial charge in [0.2, 0.25) is 0 Å². The van der Waals surface area contributed by atoms with Gasteiger partial charge in [0.05, 0.1) is 13.2 Å². The fourth-order valence-electron chi connectivity index (χ4n) is 2.62. The first-order chi connectivity index (χ1) is 8.72. The summed E-state index contributed by atoms with van der Waals surface area (Å²) in [5.41, 5.74) is 2.95. The van der Waals surface area contributed by atoms with E-state index in [1.165, 1.54) is 17.5 Å². The maximum atomic E-state index is 9.00. The lowest BCUT2D eigenvalue weighted by Gasteiger charge is -2.42. The Labute approximate surface area is 110 Å². The molecule has 1 saturated heterocycles. The molecule has 1 heterocycles. The quantitative estimate of drug-likeness (QED) is 0.837. The zero-order chi connectivity index (χ0) is 13.0. The molecule has 2 heteroatoms. The molecule has 1 fully saturated rings. The normalized spacial score (nSPS) is 19.3. The molecule has 1 aliphatic heterocycles. The largest absolute Gasteiger partial charge is 0.396 e. The summed E-state index contributed by atoms with van der Waals surface area (Å²) in [7, 11) is 0. The van der Waals surface area contributed by atoms with E-state index in [9.17, 15) is 0 Å². The lowest BCUT2D eigenvalue weighted by Crippen LogP contribution is -2.46. The summed E-state index contributed by atoms with van der Waals surface area (Å²) in [5, 5.41) is 9.00. The SMILES string of the molecule is CCC(C)c1ccc(C2(CCCO)COC2)cc1. The van der Waals surface area contributed by atoms with Crippen molar-refractivity contribution >= 4 is 0 Å². The van der Waals surface area contributed by atoms with Crippen LogP contribution in [0.1, 0.15) is 50.2 Å². The van der Waals surface area contributed by atoms with Crippen LogP contribution >= 0.6 is 0 Å². The molecule has 1 atom stereocenters. The first-order valence-corrected chi connectivity index (χ1v) is 7.01. The Morgan fingerprint density at radius 2 is 1.94 bits per heavy atom. The van der Waals surface area contributed by atoms with Gasteiger partial charge in [-0.25, -0.2) is 0 Å². The number of aliphatic hydroxyl groups is 1. The van der Waals surface area contributed by atoms with E-state index in [0.29, 0.717) is 5.92 Å². The molecule has 100 valence electrons. The van der Waals surface area contributed by atoms with Crippen molar-refractivity contribution in [3.05, 3.63) is 35.4 Å². The van der Waals surface area contributed by atoms with Crippen LogP contribution in [0, 0.1) is 0 Å². The van der Waals surface area contributed by atoms with Crippen molar-refractivity contribution in [3.8, 4) is 0 Å². The molecule has 1 unspecified atom stereocenters. The molecule has 1 aromatic carbocycles.